The van der Waals surface area contributed by atoms with Crippen LogP contribution in [-0.2, 0) is 19.4 Å². The number of anilines is 1. The zero-order valence-electron chi connectivity index (χ0n) is 28.6. The minimum absolute atomic E-state index is 0.0875. The van der Waals surface area contributed by atoms with Crippen LogP contribution in [0.25, 0.3) is 0 Å². The first-order valence-electron chi connectivity index (χ1n) is 16.4. The van der Waals surface area contributed by atoms with Crippen molar-refractivity contribution in [2.24, 2.45) is 11.3 Å². The highest BCUT2D eigenvalue weighted by Gasteiger charge is 2.55. The van der Waals surface area contributed by atoms with Crippen LogP contribution in [0.5, 0.6) is 5.75 Å². The first kappa shape index (κ1) is 38.0. The topological polar surface area (TPSA) is 133 Å². The van der Waals surface area contributed by atoms with Gasteiger partial charge in [0.25, 0.3) is 0 Å². The summed E-state index contributed by atoms with van der Waals surface area (Å²) in [6, 6.07) is 14.3. The maximum Gasteiger partial charge on any atom is 0.229 e. The van der Waals surface area contributed by atoms with E-state index in [4.69, 9.17) is 27.9 Å². The van der Waals surface area contributed by atoms with Crippen molar-refractivity contribution in [3.05, 3.63) is 93.2 Å². The monoisotopic (exact) mass is 748 g/mol. The lowest BCUT2D eigenvalue weighted by molar-refractivity contribution is -0.156. The molecule has 1 saturated carbocycles. The van der Waals surface area contributed by atoms with Gasteiger partial charge in [-0.1, -0.05) is 48.3 Å². The quantitative estimate of drug-likeness (QED) is 0.177. The van der Waals surface area contributed by atoms with Gasteiger partial charge in [0.15, 0.2) is 16.1 Å². The number of nitrogens with one attached hydrogen (secondary N) is 1. The summed E-state index contributed by atoms with van der Waals surface area (Å²) in [5, 5.41) is 22.5. The molecular formula is C37H43Cl2FN2O7S. The molecule has 0 unspecified atom stereocenters. The van der Waals surface area contributed by atoms with Gasteiger partial charge < -0.3 is 25.2 Å². The van der Waals surface area contributed by atoms with Gasteiger partial charge in [-0.2, -0.15) is 0 Å². The predicted molar refractivity (Wildman–Crippen MR) is 191 cm³/mol. The van der Waals surface area contributed by atoms with Crippen LogP contribution in [-0.4, -0.2) is 59.0 Å². The summed E-state index contributed by atoms with van der Waals surface area (Å²) in [5.74, 6) is -2.36. The number of benzene rings is 3. The summed E-state index contributed by atoms with van der Waals surface area (Å²) in [6.45, 7) is 6.58. The summed E-state index contributed by atoms with van der Waals surface area (Å²) < 4.78 is 46.9. The molecule has 9 nitrogen and oxygen atoms in total. The third kappa shape index (κ3) is 7.97. The summed E-state index contributed by atoms with van der Waals surface area (Å²) in [7, 11) is -2.38. The number of hydrogen-bond donors (Lipinski definition) is 3. The van der Waals surface area contributed by atoms with Crippen LogP contribution < -0.4 is 10.1 Å². The standard InChI is InChI=1S/C37H43Cl2FN2O7S/c1-36(2,3)50(47,48)20-30(21-9-10-21)42-33(23-11-14-28(39)29(40)16-23)27(22-7-6-8-24(38)15-22)18-37(4,35(42)46)19-32(43)41-25-12-13-26(34(44)45)31(17-25)49-5/h6-8,11-17,21,27,30,33-34,44-45H,9-10,18-20H2,1-5H3,(H,41,43)/t27-,30-,33-,37-/m1/s1. The molecule has 1 aliphatic heterocycles. The van der Waals surface area contributed by atoms with Gasteiger partial charge in [0.05, 0.1) is 34.1 Å². The zero-order chi connectivity index (χ0) is 36.8. The number of carbonyl (C=O) groups is 2. The van der Waals surface area contributed by atoms with E-state index in [0.29, 0.717) is 16.3 Å². The molecule has 3 N–H and O–H groups in total. The fourth-order valence-electron chi connectivity index (χ4n) is 6.91. The minimum Gasteiger partial charge on any atom is -0.496 e. The number of rotatable bonds is 11. The Kier molecular flexibility index (Phi) is 11.0. The van der Waals surface area contributed by atoms with Crippen LogP contribution in [0, 0.1) is 17.2 Å². The second-order valence-electron chi connectivity index (χ2n) is 14.6. The number of ether oxygens (including phenoxy) is 1. The molecule has 0 bridgehead atoms. The molecule has 1 saturated heterocycles. The summed E-state index contributed by atoms with van der Waals surface area (Å²) >= 11 is 12.6. The maximum atomic E-state index is 15.2. The van der Waals surface area contributed by atoms with Crippen LogP contribution >= 0.6 is 23.2 Å². The smallest absolute Gasteiger partial charge is 0.229 e. The van der Waals surface area contributed by atoms with E-state index < -0.39 is 61.9 Å². The second kappa shape index (κ2) is 14.4. The van der Waals surface area contributed by atoms with Crippen LogP contribution in [0.15, 0.2) is 60.7 Å². The molecule has 3 aromatic rings. The van der Waals surface area contributed by atoms with Crippen molar-refractivity contribution in [2.75, 3.05) is 18.2 Å². The van der Waals surface area contributed by atoms with E-state index in [1.54, 1.807) is 56.9 Å². The Balaban J connectivity index is 1.63. The van der Waals surface area contributed by atoms with Crippen molar-refractivity contribution in [1.82, 2.24) is 4.90 Å². The van der Waals surface area contributed by atoms with Gasteiger partial charge in [-0.25, -0.2) is 12.8 Å². The van der Waals surface area contributed by atoms with E-state index in [1.807, 2.05) is 6.07 Å². The molecule has 2 fully saturated rings. The molecule has 2 amide bonds. The van der Waals surface area contributed by atoms with Crippen LogP contribution in [0.2, 0.25) is 10.0 Å². The molecule has 4 atom stereocenters. The average Bonchev–Trinajstić information content (AvgIpc) is 3.87. The Morgan fingerprint density at radius 3 is 2.36 bits per heavy atom. The number of aliphatic hydroxyl groups is 2. The number of carbonyl (C=O) groups excluding carboxylic acids is 2. The van der Waals surface area contributed by atoms with E-state index in [0.717, 1.165) is 18.4 Å². The Morgan fingerprint density at radius 1 is 1.08 bits per heavy atom. The number of halogens is 3. The number of methoxy groups -OCH3 is 1. The molecule has 13 heteroatoms. The molecule has 0 radical (unpaired) electrons. The predicted octanol–water partition coefficient (Wildman–Crippen LogP) is 7.21. The van der Waals surface area contributed by atoms with Gasteiger partial charge >= 0.3 is 0 Å². The molecule has 270 valence electrons. The highest BCUT2D eigenvalue weighted by molar-refractivity contribution is 7.92. The highest BCUT2D eigenvalue weighted by atomic mass is 35.5. The number of likely N-dealkylation sites (tertiary alicyclic amines) is 1. The lowest BCUT2D eigenvalue weighted by atomic mass is 9.66. The zero-order valence-corrected chi connectivity index (χ0v) is 30.9. The van der Waals surface area contributed by atoms with Gasteiger partial charge in [-0.05, 0) is 93.5 Å². The van der Waals surface area contributed by atoms with Crippen LogP contribution in [0.3, 0.4) is 0 Å². The number of nitrogens with zero attached hydrogens (tertiary/aromatic N) is 1. The second-order valence-corrected chi connectivity index (χ2v) is 18.2. The SMILES string of the molecule is COc1cc(NC(=O)C[C@@]2(C)C[C@H](c3cccc(Cl)c3)[C@@H](c3ccc(Cl)c(F)c3)N([C@H](CS(=O)(=O)C(C)(C)C)C3CC3)C2=O)ccc1C(O)O. The normalized spacial score (nSPS) is 22.1. The molecule has 50 heavy (non-hydrogen) atoms. The van der Waals surface area contributed by atoms with Crippen molar-refractivity contribution < 1.29 is 37.3 Å². The maximum absolute atomic E-state index is 15.2. The van der Waals surface area contributed by atoms with Crippen LogP contribution in [0.1, 0.15) is 88.3 Å². The van der Waals surface area contributed by atoms with Gasteiger partial charge in [-0.15, -0.1) is 0 Å². The number of piperidine rings is 1. The van der Waals surface area contributed by atoms with E-state index in [-0.39, 0.29) is 40.8 Å². The minimum atomic E-state index is -3.74. The number of sulfone groups is 1. The van der Waals surface area contributed by atoms with Crippen LogP contribution in [0.4, 0.5) is 10.1 Å². The third-order valence-corrected chi connectivity index (χ3v) is 13.0. The lowest BCUT2D eigenvalue weighted by Crippen LogP contribution is -2.59. The first-order valence-corrected chi connectivity index (χ1v) is 18.9. The van der Waals surface area contributed by atoms with Gasteiger partial charge in [0, 0.05) is 40.7 Å². The van der Waals surface area contributed by atoms with E-state index in [9.17, 15) is 23.4 Å². The van der Waals surface area contributed by atoms with Crippen molar-refractivity contribution in [3.8, 4) is 5.75 Å². The molecule has 0 aromatic heterocycles. The van der Waals surface area contributed by atoms with Gasteiger partial charge in [0.1, 0.15) is 11.6 Å². The van der Waals surface area contributed by atoms with Crippen molar-refractivity contribution in [2.45, 2.75) is 82.4 Å². The average molecular weight is 750 g/mol. The van der Waals surface area contributed by atoms with Crippen molar-refractivity contribution in [3.63, 3.8) is 0 Å². The lowest BCUT2D eigenvalue weighted by Gasteiger charge is -2.52. The van der Waals surface area contributed by atoms with E-state index in [2.05, 4.69) is 5.32 Å². The Labute approximate surface area is 302 Å². The van der Waals surface area contributed by atoms with Crippen molar-refractivity contribution in [1.29, 1.82) is 0 Å². The summed E-state index contributed by atoms with van der Waals surface area (Å²) in [4.78, 5) is 30.5. The third-order valence-electron chi connectivity index (χ3n) is 9.86. The Morgan fingerprint density at radius 2 is 1.78 bits per heavy atom. The first-order chi connectivity index (χ1) is 23.3. The molecular weight excluding hydrogens is 706 g/mol. The van der Waals surface area contributed by atoms with Gasteiger partial charge in [-0.3, -0.25) is 9.59 Å². The summed E-state index contributed by atoms with van der Waals surface area (Å²) in [5.41, 5.74) is 0.295. The largest absolute Gasteiger partial charge is 0.496 e. The molecule has 0 spiro atoms. The summed E-state index contributed by atoms with van der Waals surface area (Å²) in [6.07, 6.45) is -0.457. The molecule has 5 rings (SSSR count). The molecule has 3 aromatic carbocycles. The van der Waals surface area contributed by atoms with E-state index in [1.165, 1.54) is 37.4 Å². The van der Waals surface area contributed by atoms with Gasteiger partial charge in [0.2, 0.25) is 11.8 Å². The number of aliphatic hydroxyl groups excluding tert-OH is 1. The fraction of sp³-hybridized carbons (Fsp3) is 0.459. The molecule has 1 heterocycles. The number of amides is 2. The Hall–Kier alpha value is -3.22. The van der Waals surface area contributed by atoms with E-state index >= 15 is 9.18 Å². The van der Waals surface area contributed by atoms with Crippen molar-refractivity contribution >= 4 is 50.5 Å². The highest BCUT2D eigenvalue weighted by Crippen LogP contribution is 2.54. The fourth-order valence-corrected chi connectivity index (χ4v) is 8.61. The Bertz CT molecular complexity index is 1880. The molecule has 1 aliphatic carbocycles. The molecule has 2 aliphatic rings. The number of hydrogen-bond acceptors (Lipinski definition) is 7.